The third-order valence-electron chi connectivity index (χ3n) is 2.91. The summed E-state index contributed by atoms with van der Waals surface area (Å²) in [5.41, 5.74) is 5.62. The maximum atomic E-state index is 5.62. The largest absolute Gasteiger partial charge is 0.381 e. The van der Waals surface area contributed by atoms with Gasteiger partial charge in [0.2, 0.25) is 5.95 Å². The summed E-state index contributed by atoms with van der Waals surface area (Å²) in [6.45, 7) is 2.63. The summed E-state index contributed by atoms with van der Waals surface area (Å²) in [5.74, 6) is 2.43. The maximum absolute atomic E-state index is 5.62. The molecule has 0 aromatic carbocycles. The highest BCUT2D eigenvalue weighted by molar-refractivity contribution is 5.50. The molecular weight excluding hydrogens is 218 g/mol. The third-order valence-corrected chi connectivity index (χ3v) is 2.91. The molecule has 4 N–H and O–H groups in total. The minimum atomic E-state index is 0.284. The van der Waals surface area contributed by atoms with E-state index in [0.29, 0.717) is 5.92 Å². The van der Waals surface area contributed by atoms with E-state index in [9.17, 15) is 0 Å². The van der Waals surface area contributed by atoms with Gasteiger partial charge in [-0.2, -0.15) is 9.97 Å². The second kappa shape index (κ2) is 5.67. The number of aromatic nitrogens is 2. The maximum Gasteiger partial charge on any atom is 0.223 e. The van der Waals surface area contributed by atoms with Crippen LogP contribution in [0.15, 0.2) is 6.07 Å². The molecule has 0 saturated carbocycles. The first kappa shape index (κ1) is 11.9. The van der Waals surface area contributed by atoms with Crippen LogP contribution in [0.3, 0.4) is 0 Å². The van der Waals surface area contributed by atoms with Gasteiger partial charge in [0, 0.05) is 32.9 Å². The lowest BCUT2D eigenvalue weighted by atomic mass is 10.0. The molecule has 1 aliphatic heterocycles. The lowest BCUT2D eigenvalue weighted by Gasteiger charge is -2.22. The van der Waals surface area contributed by atoms with Gasteiger partial charge in [-0.05, 0) is 18.8 Å². The average molecular weight is 237 g/mol. The Morgan fingerprint density at radius 1 is 1.35 bits per heavy atom. The summed E-state index contributed by atoms with van der Waals surface area (Å²) >= 11 is 0. The molecule has 6 nitrogen and oxygen atoms in total. The Hall–Kier alpha value is -1.56. The van der Waals surface area contributed by atoms with E-state index in [0.717, 1.165) is 44.2 Å². The van der Waals surface area contributed by atoms with Crippen LogP contribution in [-0.4, -0.2) is 36.8 Å². The first-order chi connectivity index (χ1) is 8.28. The van der Waals surface area contributed by atoms with Crippen molar-refractivity contribution >= 4 is 17.6 Å². The molecule has 0 atom stereocenters. The molecule has 1 aliphatic rings. The van der Waals surface area contributed by atoms with Crippen LogP contribution < -0.4 is 16.4 Å². The Morgan fingerprint density at radius 2 is 2.06 bits per heavy atom. The predicted octanol–water partition coefficient (Wildman–Crippen LogP) is 0.939. The van der Waals surface area contributed by atoms with Crippen molar-refractivity contribution in [2.75, 3.05) is 43.2 Å². The standard InChI is InChI=1S/C11H19N5O/c1-13-9-6-10(16-11(12)15-9)14-7-8-2-4-17-5-3-8/h6,8H,2-5,7H2,1H3,(H4,12,13,14,15,16). The van der Waals surface area contributed by atoms with Gasteiger partial charge in [0.15, 0.2) is 0 Å². The van der Waals surface area contributed by atoms with Crippen LogP contribution in [0.4, 0.5) is 17.6 Å². The van der Waals surface area contributed by atoms with Crippen LogP contribution in [0.25, 0.3) is 0 Å². The van der Waals surface area contributed by atoms with Crippen LogP contribution in [0.1, 0.15) is 12.8 Å². The van der Waals surface area contributed by atoms with Gasteiger partial charge < -0.3 is 21.1 Å². The Labute approximate surface area is 101 Å². The van der Waals surface area contributed by atoms with E-state index < -0.39 is 0 Å². The van der Waals surface area contributed by atoms with Crippen molar-refractivity contribution in [3.63, 3.8) is 0 Å². The first-order valence-corrected chi connectivity index (χ1v) is 5.92. The second-order valence-corrected chi connectivity index (χ2v) is 4.18. The minimum absolute atomic E-state index is 0.284. The number of nitrogens with two attached hydrogens (primary N) is 1. The zero-order valence-corrected chi connectivity index (χ0v) is 10.1. The molecule has 6 heteroatoms. The van der Waals surface area contributed by atoms with E-state index in [2.05, 4.69) is 20.6 Å². The molecule has 0 bridgehead atoms. The lowest BCUT2D eigenvalue weighted by molar-refractivity contribution is 0.0699. The predicted molar refractivity (Wildman–Crippen MR) is 68.0 cm³/mol. The van der Waals surface area contributed by atoms with Gasteiger partial charge in [0.1, 0.15) is 11.6 Å². The summed E-state index contributed by atoms with van der Waals surface area (Å²) in [4.78, 5) is 8.19. The second-order valence-electron chi connectivity index (χ2n) is 4.18. The van der Waals surface area contributed by atoms with Crippen molar-refractivity contribution < 1.29 is 4.74 Å². The molecule has 2 heterocycles. The SMILES string of the molecule is CNc1cc(NCC2CCOCC2)nc(N)n1. The summed E-state index contributed by atoms with van der Waals surface area (Å²) in [6.07, 6.45) is 2.21. The van der Waals surface area contributed by atoms with Gasteiger partial charge >= 0.3 is 0 Å². The molecule has 0 radical (unpaired) electrons. The number of hydrogen-bond acceptors (Lipinski definition) is 6. The van der Waals surface area contributed by atoms with E-state index in [4.69, 9.17) is 10.5 Å². The molecule has 0 amide bonds. The fraction of sp³-hybridized carbons (Fsp3) is 0.636. The van der Waals surface area contributed by atoms with Crippen molar-refractivity contribution in [1.29, 1.82) is 0 Å². The van der Waals surface area contributed by atoms with Gasteiger partial charge in [0.25, 0.3) is 0 Å². The van der Waals surface area contributed by atoms with Crippen LogP contribution in [0.5, 0.6) is 0 Å². The van der Waals surface area contributed by atoms with Gasteiger partial charge in [-0.15, -0.1) is 0 Å². The Kier molecular flexibility index (Phi) is 3.98. The van der Waals surface area contributed by atoms with E-state index in [-0.39, 0.29) is 5.95 Å². The highest BCUT2D eigenvalue weighted by Gasteiger charge is 2.13. The smallest absolute Gasteiger partial charge is 0.223 e. The van der Waals surface area contributed by atoms with Gasteiger partial charge in [-0.3, -0.25) is 0 Å². The zero-order valence-electron chi connectivity index (χ0n) is 10.1. The number of rotatable bonds is 4. The number of nitrogen functional groups attached to an aromatic ring is 1. The van der Waals surface area contributed by atoms with Crippen LogP contribution in [0.2, 0.25) is 0 Å². The molecule has 0 aliphatic carbocycles. The Bertz CT molecular complexity index is 365. The van der Waals surface area contributed by atoms with Crippen molar-refractivity contribution in [1.82, 2.24) is 9.97 Å². The average Bonchev–Trinajstić information content (AvgIpc) is 2.37. The van der Waals surface area contributed by atoms with Crippen molar-refractivity contribution in [2.24, 2.45) is 5.92 Å². The number of anilines is 3. The summed E-state index contributed by atoms with van der Waals surface area (Å²) in [6, 6.07) is 1.86. The molecule has 1 fully saturated rings. The van der Waals surface area contributed by atoms with Gasteiger partial charge in [0.05, 0.1) is 0 Å². The fourth-order valence-corrected chi connectivity index (χ4v) is 1.88. The fourth-order valence-electron chi connectivity index (χ4n) is 1.88. The number of ether oxygens (including phenoxy) is 1. The van der Waals surface area contributed by atoms with Crippen molar-refractivity contribution in [3.8, 4) is 0 Å². The molecule has 1 aromatic heterocycles. The van der Waals surface area contributed by atoms with E-state index in [1.165, 1.54) is 0 Å². The molecule has 0 unspecified atom stereocenters. The van der Waals surface area contributed by atoms with E-state index in [1.807, 2.05) is 13.1 Å². The number of nitrogens with zero attached hydrogens (tertiary/aromatic N) is 2. The quantitative estimate of drug-likeness (QED) is 0.722. The van der Waals surface area contributed by atoms with Crippen LogP contribution in [0, 0.1) is 5.92 Å². The van der Waals surface area contributed by atoms with E-state index in [1.54, 1.807) is 0 Å². The summed E-state index contributed by atoms with van der Waals surface area (Å²) in [7, 11) is 1.81. The van der Waals surface area contributed by atoms with E-state index >= 15 is 0 Å². The van der Waals surface area contributed by atoms with Crippen LogP contribution >= 0.6 is 0 Å². The molecule has 2 rings (SSSR count). The van der Waals surface area contributed by atoms with Crippen LogP contribution in [-0.2, 0) is 4.74 Å². The Morgan fingerprint density at radius 3 is 2.76 bits per heavy atom. The summed E-state index contributed by atoms with van der Waals surface area (Å²) in [5, 5.41) is 6.26. The first-order valence-electron chi connectivity index (χ1n) is 5.92. The number of nitrogens with one attached hydrogen (secondary N) is 2. The van der Waals surface area contributed by atoms with Crippen molar-refractivity contribution in [3.05, 3.63) is 6.07 Å². The monoisotopic (exact) mass is 237 g/mol. The summed E-state index contributed by atoms with van der Waals surface area (Å²) < 4.78 is 5.32. The highest BCUT2D eigenvalue weighted by Crippen LogP contribution is 2.17. The van der Waals surface area contributed by atoms with Crippen molar-refractivity contribution in [2.45, 2.75) is 12.8 Å². The molecule has 1 aromatic rings. The molecular formula is C11H19N5O. The molecule has 17 heavy (non-hydrogen) atoms. The Balaban J connectivity index is 1.91. The zero-order chi connectivity index (χ0) is 12.1. The number of hydrogen-bond donors (Lipinski definition) is 3. The normalized spacial score (nSPS) is 16.8. The molecule has 0 spiro atoms. The molecule has 94 valence electrons. The highest BCUT2D eigenvalue weighted by atomic mass is 16.5. The van der Waals surface area contributed by atoms with Gasteiger partial charge in [-0.25, -0.2) is 0 Å². The third kappa shape index (κ3) is 3.45. The minimum Gasteiger partial charge on any atom is -0.381 e. The van der Waals surface area contributed by atoms with Gasteiger partial charge in [-0.1, -0.05) is 0 Å². The lowest BCUT2D eigenvalue weighted by Crippen LogP contribution is -2.23. The topological polar surface area (TPSA) is 85.1 Å². The molecule has 1 saturated heterocycles.